The molecular weight excluding hydrogens is 272 g/mol. The summed E-state index contributed by atoms with van der Waals surface area (Å²) in [6, 6.07) is 2.74. The van der Waals surface area contributed by atoms with Crippen molar-refractivity contribution in [2.24, 2.45) is 0 Å². The molecule has 0 unspecified atom stereocenters. The first-order chi connectivity index (χ1) is 9.83. The Balaban J connectivity index is 1.41. The van der Waals surface area contributed by atoms with Crippen LogP contribution in [-0.4, -0.2) is 17.6 Å². The number of hydrogen-bond donors (Lipinski definition) is 1. The van der Waals surface area contributed by atoms with E-state index in [0.717, 1.165) is 24.4 Å². The lowest BCUT2D eigenvalue weighted by Crippen LogP contribution is -2.16. The number of nitrogens with zero attached hydrogens (tertiary/aromatic N) is 1. The number of thiazole rings is 1. The number of aromatic nitrogens is 1. The van der Waals surface area contributed by atoms with Gasteiger partial charge in [-0.3, -0.25) is 0 Å². The topological polar surface area (TPSA) is 47.3 Å². The first-order valence-electron chi connectivity index (χ1n) is 7.08. The maximum absolute atomic E-state index is 5.73. The Kier molecular flexibility index (Phi) is 4.50. The van der Waals surface area contributed by atoms with Crippen LogP contribution in [0.15, 0.2) is 22.3 Å². The summed E-state index contributed by atoms with van der Waals surface area (Å²) < 4.78 is 11.2. The molecule has 0 atom stereocenters. The average Bonchev–Trinajstić information content (AvgIpc) is 3.03. The zero-order valence-corrected chi connectivity index (χ0v) is 12.5. The second-order valence-electron chi connectivity index (χ2n) is 5.19. The zero-order chi connectivity index (χ0) is 13.8. The minimum absolute atomic E-state index is 0.548. The van der Waals surface area contributed by atoms with Crippen molar-refractivity contribution < 1.29 is 9.15 Å². The molecule has 0 bridgehead atoms. The van der Waals surface area contributed by atoms with Gasteiger partial charge in [0.05, 0.1) is 24.1 Å². The molecule has 0 spiro atoms. The van der Waals surface area contributed by atoms with E-state index in [1.807, 2.05) is 18.5 Å². The number of nitrogens with one attached hydrogen (secondary N) is 1. The van der Waals surface area contributed by atoms with Crippen molar-refractivity contribution in [3.05, 3.63) is 39.7 Å². The van der Waals surface area contributed by atoms with E-state index in [2.05, 4.69) is 10.3 Å². The highest BCUT2D eigenvalue weighted by atomic mass is 32.1. The Morgan fingerprint density at radius 3 is 3.15 bits per heavy atom. The standard InChI is InChI=1S/C15H20N2O2S/c1-11-15(20-10-17-11)5-6-18-9-14-12(4-7-19-14)8-16-13-2-3-13/h4,7,10,13,16H,2-3,5-6,8-9H2,1H3. The van der Waals surface area contributed by atoms with E-state index in [0.29, 0.717) is 19.3 Å². The summed E-state index contributed by atoms with van der Waals surface area (Å²) in [7, 11) is 0. The molecule has 0 aliphatic heterocycles. The Labute approximate surface area is 123 Å². The van der Waals surface area contributed by atoms with Crippen LogP contribution in [0.1, 0.15) is 34.7 Å². The monoisotopic (exact) mass is 292 g/mol. The molecule has 1 aliphatic carbocycles. The van der Waals surface area contributed by atoms with E-state index in [-0.39, 0.29) is 0 Å². The van der Waals surface area contributed by atoms with Gasteiger partial charge in [0.25, 0.3) is 0 Å². The number of furan rings is 1. The molecule has 0 radical (unpaired) electrons. The van der Waals surface area contributed by atoms with Crippen LogP contribution >= 0.6 is 11.3 Å². The van der Waals surface area contributed by atoms with Gasteiger partial charge < -0.3 is 14.5 Å². The van der Waals surface area contributed by atoms with E-state index < -0.39 is 0 Å². The Hall–Kier alpha value is -1.17. The second-order valence-corrected chi connectivity index (χ2v) is 6.13. The van der Waals surface area contributed by atoms with Gasteiger partial charge in [-0.1, -0.05) is 0 Å². The first-order valence-corrected chi connectivity index (χ1v) is 7.96. The van der Waals surface area contributed by atoms with Crippen LogP contribution in [0.5, 0.6) is 0 Å². The molecule has 20 heavy (non-hydrogen) atoms. The summed E-state index contributed by atoms with van der Waals surface area (Å²) in [5.41, 5.74) is 4.22. The molecular formula is C15H20N2O2S. The largest absolute Gasteiger partial charge is 0.467 e. The van der Waals surface area contributed by atoms with E-state index >= 15 is 0 Å². The van der Waals surface area contributed by atoms with E-state index in [4.69, 9.17) is 9.15 Å². The van der Waals surface area contributed by atoms with Gasteiger partial charge in [0.1, 0.15) is 12.4 Å². The lowest BCUT2D eigenvalue weighted by atomic mass is 10.2. The predicted octanol–water partition coefficient (Wildman–Crippen LogP) is 3.06. The third kappa shape index (κ3) is 3.69. The first kappa shape index (κ1) is 13.8. The fraction of sp³-hybridized carbons (Fsp3) is 0.533. The van der Waals surface area contributed by atoms with Crippen molar-refractivity contribution in [2.75, 3.05) is 6.61 Å². The van der Waals surface area contributed by atoms with Crippen molar-refractivity contribution >= 4 is 11.3 Å². The van der Waals surface area contributed by atoms with Crippen LogP contribution in [0, 0.1) is 6.92 Å². The normalized spacial score (nSPS) is 14.8. The fourth-order valence-corrected chi connectivity index (χ4v) is 2.85. The SMILES string of the molecule is Cc1ncsc1CCOCc1occc1CNC1CC1. The van der Waals surface area contributed by atoms with Crippen LogP contribution in [-0.2, 0) is 24.3 Å². The summed E-state index contributed by atoms with van der Waals surface area (Å²) in [5, 5.41) is 3.50. The molecule has 0 aromatic carbocycles. The number of rotatable bonds is 8. The van der Waals surface area contributed by atoms with E-state index in [9.17, 15) is 0 Å². The summed E-state index contributed by atoms with van der Waals surface area (Å²) in [6.45, 7) is 4.18. The Morgan fingerprint density at radius 2 is 2.40 bits per heavy atom. The van der Waals surface area contributed by atoms with E-state index in [1.54, 1.807) is 17.6 Å². The van der Waals surface area contributed by atoms with Crippen LogP contribution in [0.25, 0.3) is 0 Å². The molecule has 1 saturated carbocycles. The summed E-state index contributed by atoms with van der Waals surface area (Å²) in [5.74, 6) is 0.944. The molecule has 5 heteroatoms. The van der Waals surface area contributed by atoms with Gasteiger partial charge in [-0.15, -0.1) is 11.3 Å². The Bertz CT molecular complexity index is 546. The molecule has 0 saturated heterocycles. The summed E-state index contributed by atoms with van der Waals surface area (Å²) in [6.07, 6.45) is 5.28. The fourth-order valence-electron chi connectivity index (χ4n) is 2.09. The zero-order valence-electron chi connectivity index (χ0n) is 11.7. The van der Waals surface area contributed by atoms with Crippen molar-refractivity contribution in [1.82, 2.24) is 10.3 Å². The molecule has 0 amide bonds. The van der Waals surface area contributed by atoms with Crippen LogP contribution < -0.4 is 5.32 Å². The van der Waals surface area contributed by atoms with Gasteiger partial charge in [-0.25, -0.2) is 4.98 Å². The number of hydrogen-bond acceptors (Lipinski definition) is 5. The second kappa shape index (κ2) is 6.52. The third-order valence-electron chi connectivity index (χ3n) is 3.55. The van der Waals surface area contributed by atoms with Crippen LogP contribution in [0.2, 0.25) is 0 Å². The molecule has 2 heterocycles. The molecule has 1 fully saturated rings. The molecule has 1 aliphatic rings. The van der Waals surface area contributed by atoms with Gasteiger partial charge in [-0.2, -0.15) is 0 Å². The Morgan fingerprint density at radius 1 is 1.50 bits per heavy atom. The number of ether oxygens (including phenoxy) is 1. The van der Waals surface area contributed by atoms with E-state index in [1.165, 1.54) is 23.3 Å². The van der Waals surface area contributed by atoms with Gasteiger partial charge in [-0.05, 0) is 25.8 Å². The van der Waals surface area contributed by atoms with Crippen molar-refractivity contribution in [3.8, 4) is 0 Å². The summed E-state index contributed by atoms with van der Waals surface area (Å²) in [4.78, 5) is 5.55. The van der Waals surface area contributed by atoms with Crippen LogP contribution in [0.4, 0.5) is 0 Å². The predicted molar refractivity (Wildman–Crippen MR) is 78.8 cm³/mol. The van der Waals surface area contributed by atoms with Crippen molar-refractivity contribution in [3.63, 3.8) is 0 Å². The lowest BCUT2D eigenvalue weighted by Gasteiger charge is -2.05. The minimum atomic E-state index is 0.548. The van der Waals surface area contributed by atoms with Gasteiger partial charge in [0.2, 0.25) is 0 Å². The third-order valence-corrected chi connectivity index (χ3v) is 4.54. The quantitative estimate of drug-likeness (QED) is 0.760. The minimum Gasteiger partial charge on any atom is -0.467 e. The molecule has 2 aromatic heterocycles. The lowest BCUT2D eigenvalue weighted by molar-refractivity contribution is 0.108. The average molecular weight is 292 g/mol. The van der Waals surface area contributed by atoms with Crippen molar-refractivity contribution in [2.45, 2.75) is 45.4 Å². The maximum Gasteiger partial charge on any atom is 0.133 e. The smallest absolute Gasteiger partial charge is 0.133 e. The molecule has 4 nitrogen and oxygen atoms in total. The molecule has 108 valence electrons. The summed E-state index contributed by atoms with van der Waals surface area (Å²) >= 11 is 1.69. The highest BCUT2D eigenvalue weighted by Gasteiger charge is 2.20. The highest BCUT2D eigenvalue weighted by molar-refractivity contribution is 7.09. The molecule has 1 N–H and O–H groups in total. The number of aryl methyl sites for hydroxylation is 1. The highest BCUT2D eigenvalue weighted by Crippen LogP contribution is 2.20. The molecule has 2 aromatic rings. The van der Waals surface area contributed by atoms with Gasteiger partial charge >= 0.3 is 0 Å². The van der Waals surface area contributed by atoms with Gasteiger partial charge in [0, 0.05) is 29.4 Å². The maximum atomic E-state index is 5.73. The van der Waals surface area contributed by atoms with Crippen LogP contribution in [0.3, 0.4) is 0 Å². The van der Waals surface area contributed by atoms with Crippen molar-refractivity contribution in [1.29, 1.82) is 0 Å². The van der Waals surface area contributed by atoms with Gasteiger partial charge in [0.15, 0.2) is 0 Å². The molecule has 3 rings (SSSR count).